The predicted octanol–water partition coefficient (Wildman–Crippen LogP) is 4.84. The summed E-state index contributed by atoms with van der Waals surface area (Å²) >= 11 is 0. The van der Waals surface area contributed by atoms with E-state index >= 15 is 0 Å². The Morgan fingerprint density at radius 3 is 2.63 bits per heavy atom. The molecule has 1 saturated heterocycles. The lowest BCUT2D eigenvalue weighted by Gasteiger charge is -2.36. The summed E-state index contributed by atoms with van der Waals surface area (Å²) in [6.07, 6.45) is 5.19. The van der Waals surface area contributed by atoms with Crippen LogP contribution >= 0.6 is 0 Å². The topological polar surface area (TPSA) is 51.0 Å². The summed E-state index contributed by atoms with van der Waals surface area (Å²) in [7, 11) is 0. The molecule has 0 spiro atoms. The zero-order valence-corrected chi connectivity index (χ0v) is 17.5. The van der Waals surface area contributed by atoms with E-state index in [1.807, 2.05) is 41.6 Å². The molecule has 0 aliphatic carbocycles. The molecule has 0 bridgehead atoms. The van der Waals surface area contributed by atoms with Crippen LogP contribution in [0, 0.1) is 19.7 Å². The van der Waals surface area contributed by atoms with Gasteiger partial charge in [0.1, 0.15) is 5.82 Å². The standard InChI is InChI=1S/C24H27FN4O/c1-17-15-20(19-6-8-21(25)9-7-19)16-22(27-17)23-5-3-4-13-28(23)24(30)11-14-29-18(2)10-12-26-29/h6-10,12,15-16,23H,3-5,11,13-14H2,1-2H3/t23-/m1/s1. The van der Waals surface area contributed by atoms with E-state index in [1.165, 1.54) is 12.1 Å². The highest BCUT2D eigenvalue weighted by molar-refractivity contribution is 5.77. The highest BCUT2D eigenvalue weighted by Gasteiger charge is 2.29. The van der Waals surface area contributed by atoms with Gasteiger partial charge in [0.2, 0.25) is 5.91 Å². The fourth-order valence-electron chi connectivity index (χ4n) is 4.19. The number of nitrogens with zero attached hydrogens (tertiary/aromatic N) is 4. The van der Waals surface area contributed by atoms with Crippen LogP contribution in [-0.2, 0) is 11.3 Å². The molecule has 30 heavy (non-hydrogen) atoms. The molecule has 0 unspecified atom stereocenters. The Kier molecular flexibility index (Phi) is 5.93. The second-order valence-corrected chi connectivity index (χ2v) is 7.97. The first-order valence-electron chi connectivity index (χ1n) is 10.5. The number of aryl methyl sites for hydroxylation is 3. The number of aromatic nitrogens is 3. The zero-order valence-electron chi connectivity index (χ0n) is 17.5. The molecule has 1 amide bonds. The minimum absolute atomic E-state index is 0.0240. The van der Waals surface area contributed by atoms with Crippen LogP contribution in [0.25, 0.3) is 11.1 Å². The molecule has 1 atom stereocenters. The Hall–Kier alpha value is -3.02. The Balaban J connectivity index is 1.57. The average Bonchev–Trinajstić information content (AvgIpc) is 3.17. The molecule has 0 radical (unpaired) electrons. The van der Waals surface area contributed by atoms with Crippen molar-refractivity contribution in [3.05, 3.63) is 71.6 Å². The molecule has 1 aliphatic rings. The van der Waals surface area contributed by atoms with Crippen LogP contribution in [0.1, 0.15) is 48.8 Å². The van der Waals surface area contributed by atoms with Gasteiger partial charge in [-0.15, -0.1) is 0 Å². The van der Waals surface area contributed by atoms with E-state index in [0.717, 1.165) is 54.0 Å². The highest BCUT2D eigenvalue weighted by atomic mass is 19.1. The molecule has 5 nitrogen and oxygen atoms in total. The number of benzene rings is 1. The van der Waals surface area contributed by atoms with Crippen molar-refractivity contribution in [1.82, 2.24) is 19.7 Å². The van der Waals surface area contributed by atoms with Crippen molar-refractivity contribution in [2.75, 3.05) is 6.54 Å². The summed E-state index contributed by atoms with van der Waals surface area (Å²) in [6.45, 7) is 5.30. The van der Waals surface area contributed by atoms with Crippen molar-refractivity contribution in [1.29, 1.82) is 0 Å². The Morgan fingerprint density at radius 2 is 1.90 bits per heavy atom. The Morgan fingerprint density at radius 1 is 1.10 bits per heavy atom. The third-order valence-corrected chi connectivity index (χ3v) is 5.78. The number of pyridine rings is 1. The molecule has 0 saturated carbocycles. The van der Waals surface area contributed by atoms with Gasteiger partial charge in [-0.1, -0.05) is 12.1 Å². The van der Waals surface area contributed by atoms with E-state index < -0.39 is 0 Å². The van der Waals surface area contributed by atoms with Crippen molar-refractivity contribution >= 4 is 5.91 Å². The van der Waals surface area contributed by atoms with Crippen LogP contribution in [0.2, 0.25) is 0 Å². The molecule has 156 valence electrons. The molecule has 0 N–H and O–H groups in total. The monoisotopic (exact) mass is 406 g/mol. The van der Waals surface area contributed by atoms with Crippen LogP contribution < -0.4 is 0 Å². The predicted molar refractivity (Wildman–Crippen MR) is 114 cm³/mol. The fourth-order valence-corrected chi connectivity index (χ4v) is 4.19. The van der Waals surface area contributed by atoms with Gasteiger partial charge >= 0.3 is 0 Å². The fraction of sp³-hybridized carbons (Fsp3) is 0.375. The highest BCUT2D eigenvalue weighted by Crippen LogP contribution is 2.33. The normalized spacial score (nSPS) is 16.6. The SMILES string of the molecule is Cc1cc(-c2ccc(F)cc2)cc([C@H]2CCCCN2C(=O)CCn2nccc2C)n1. The van der Waals surface area contributed by atoms with E-state index in [1.54, 1.807) is 18.3 Å². The number of likely N-dealkylation sites (tertiary alicyclic amines) is 1. The summed E-state index contributed by atoms with van der Waals surface area (Å²) in [6, 6.07) is 12.5. The van der Waals surface area contributed by atoms with Gasteiger partial charge in [-0.2, -0.15) is 5.10 Å². The van der Waals surface area contributed by atoms with Gasteiger partial charge in [0.25, 0.3) is 0 Å². The number of amides is 1. The van der Waals surface area contributed by atoms with Gasteiger partial charge in [0.05, 0.1) is 11.7 Å². The number of halogens is 1. The largest absolute Gasteiger partial charge is 0.334 e. The maximum atomic E-state index is 13.3. The Labute approximate surface area is 176 Å². The van der Waals surface area contributed by atoms with Gasteiger partial charge in [-0.25, -0.2) is 4.39 Å². The molecule has 1 fully saturated rings. The summed E-state index contributed by atoms with van der Waals surface area (Å²) in [5.74, 6) is -0.109. The molecule has 4 rings (SSSR count). The van der Waals surface area contributed by atoms with Crippen molar-refractivity contribution < 1.29 is 9.18 Å². The number of hydrogen-bond donors (Lipinski definition) is 0. The lowest BCUT2D eigenvalue weighted by Crippen LogP contribution is -2.39. The maximum absolute atomic E-state index is 13.3. The Bertz CT molecular complexity index is 1030. The van der Waals surface area contributed by atoms with Crippen molar-refractivity contribution in [2.45, 2.75) is 52.1 Å². The number of piperidine rings is 1. The van der Waals surface area contributed by atoms with Crippen LogP contribution in [0.15, 0.2) is 48.7 Å². The second-order valence-electron chi connectivity index (χ2n) is 7.97. The lowest BCUT2D eigenvalue weighted by molar-refractivity contribution is -0.135. The number of hydrogen-bond acceptors (Lipinski definition) is 3. The maximum Gasteiger partial charge on any atom is 0.224 e. The molecule has 1 aliphatic heterocycles. The third-order valence-electron chi connectivity index (χ3n) is 5.78. The molecular weight excluding hydrogens is 379 g/mol. The van der Waals surface area contributed by atoms with E-state index in [-0.39, 0.29) is 17.8 Å². The van der Waals surface area contributed by atoms with Gasteiger partial charge in [-0.3, -0.25) is 14.5 Å². The summed E-state index contributed by atoms with van der Waals surface area (Å²) in [5.41, 5.74) is 4.82. The molecular formula is C24H27FN4O. The van der Waals surface area contributed by atoms with Crippen LogP contribution in [0.5, 0.6) is 0 Å². The lowest BCUT2D eigenvalue weighted by atomic mass is 9.95. The number of rotatable bonds is 5. The quantitative estimate of drug-likeness (QED) is 0.609. The van der Waals surface area contributed by atoms with E-state index in [4.69, 9.17) is 4.98 Å². The summed E-state index contributed by atoms with van der Waals surface area (Å²) < 4.78 is 15.2. The van der Waals surface area contributed by atoms with Crippen molar-refractivity contribution in [3.8, 4) is 11.1 Å². The second kappa shape index (κ2) is 8.78. The van der Waals surface area contributed by atoms with Gasteiger partial charge in [0, 0.05) is 37.1 Å². The van der Waals surface area contributed by atoms with E-state index in [2.05, 4.69) is 5.10 Å². The molecule has 6 heteroatoms. The summed E-state index contributed by atoms with van der Waals surface area (Å²) in [4.78, 5) is 19.8. The van der Waals surface area contributed by atoms with Crippen molar-refractivity contribution in [2.24, 2.45) is 0 Å². The molecule has 3 aromatic rings. The molecule has 3 heterocycles. The molecule has 1 aromatic carbocycles. The number of carbonyl (C=O) groups excluding carboxylic acids is 1. The van der Waals surface area contributed by atoms with E-state index in [9.17, 15) is 9.18 Å². The van der Waals surface area contributed by atoms with Crippen LogP contribution in [-0.4, -0.2) is 32.1 Å². The zero-order chi connectivity index (χ0) is 21.1. The number of carbonyl (C=O) groups is 1. The van der Waals surface area contributed by atoms with Crippen molar-refractivity contribution in [3.63, 3.8) is 0 Å². The van der Waals surface area contributed by atoms with Gasteiger partial charge in [-0.05, 0) is 74.6 Å². The molecule has 2 aromatic heterocycles. The summed E-state index contributed by atoms with van der Waals surface area (Å²) in [5, 5.41) is 4.28. The van der Waals surface area contributed by atoms with Gasteiger partial charge in [0.15, 0.2) is 0 Å². The van der Waals surface area contributed by atoms with Gasteiger partial charge < -0.3 is 4.90 Å². The average molecular weight is 407 g/mol. The third kappa shape index (κ3) is 4.42. The first-order chi connectivity index (χ1) is 14.5. The first-order valence-corrected chi connectivity index (χ1v) is 10.5. The minimum Gasteiger partial charge on any atom is -0.334 e. The first kappa shape index (κ1) is 20.3. The van der Waals surface area contributed by atoms with Crippen LogP contribution in [0.4, 0.5) is 4.39 Å². The van der Waals surface area contributed by atoms with E-state index in [0.29, 0.717) is 13.0 Å². The smallest absolute Gasteiger partial charge is 0.224 e. The minimum atomic E-state index is -0.249. The van der Waals surface area contributed by atoms with Crippen LogP contribution in [0.3, 0.4) is 0 Å².